The Morgan fingerprint density at radius 2 is 2.06 bits per heavy atom. The van der Waals surface area contributed by atoms with Gasteiger partial charge < -0.3 is 5.73 Å². The zero-order valence-corrected chi connectivity index (χ0v) is 11.9. The molecule has 0 amide bonds. The number of thiazole rings is 1. The Balaban J connectivity index is 2.66. The third kappa shape index (κ3) is 3.56. The van der Waals surface area contributed by atoms with E-state index in [9.17, 15) is 0 Å². The predicted molar refractivity (Wildman–Crippen MR) is 71.9 cm³/mol. The topological polar surface area (TPSA) is 38.9 Å². The Hall–Kier alpha value is -0.410. The lowest BCUT2D eigenvalue weighted by atomic mass is 9.93. The summed E-state index contributed by atoms with van der Waals surface area (Å²) in [5, 5.41) is 3.34. The Morgan fingerprint density at radius 1 is 1.44 bits per heavy atom. The van der Waals surface area contributed by atoms with Crippen molar-refractivity contribution in [2.75, 3.05) is 0 Å². The van der Waals surface area contributed by atoms with Crippen LogP contribution >= 0.6 is 11.3 Å². The highest BCUT2D eigenvalue weighted by molar-refractivity contribution is 7.09. The summed E-state index contributed by atoms with van der Waals surface area (Å²) in [6.45, 7) is 11.0. The molecule has 0 aliphatic heterocycles. The van der Waals surface area contributed by atoms with Crippen molar-refractivity contribution in [3.8, 4) is 0 Å². The minimum atomic E-state index is 0.148. The molecule has 0 radical (unpaired) electrons. The molecule has 2 unspecified atom stereocenters. The molecule has 0 aliphatic carbocycles. The maximum atomic E-state index is 6.14. The second-order valence-corrected chi connectivity index (χ2v) is 6.57. The van der Waals surface area contributed by atoms with Crippen LogP contribution in [-0.4, -0.2) is 11.0 Å². The molecule has 2 nitrogen and oxygen atoms in total. The fourth-order valence-corrected chi connectivity index (χ4v) is 2.55. The Labute approximate surface area is 103 Å². The zero-order valence-electron chi connectivity index (χ0n) is 11.1. The number of rotatable bonds is 4. The first-order valence-corrected chi connectivity index (χ1v) is 6.93. The van der Waals surface area contributed by atoms with E-state index in [0.29, 0.717) is 5.92 Å². The molecule has 0 spiro atoms. The van der Waals surface area contributed by atoms with Gasteiger partial charge in [-0.25, -0.2) is 4.98 Å². The summed E-state index contributed by atoms with van der Waals surface area (Å²) in [7, 11) is 0. The second kappa shape index (κ2) is 5.28. The van der Waals surface area contributed by atoms with Crippen LogP contribution in [0.25, 0.3) is 0 Å². The lowest BCUT2D eigenvalue weighted by Crippen LogP contribution is -2.30. The smallest absolute Gasteiger partial charge is 0.0944 e. The third-order valence-corrected chi connectivity index (χ3v) is 3.98. The molecule has 16 heavy (non-hydrogen) atoms. The summed E-state index contributed by atoms with van der Waals surface area (Å²) in [4.78, 5) is 4.68. The summed E-state index contributed by atoms with van der Waals surface area (Å²) >= 11 is 1.74. The van der Waals surface area contributed by atoms with Gasteiger partial charge in [0.2, 0.25) is 0 Å². The molecule has 92 valence electrons. The van der Waals surface area contributed by atoms with E-state index in [-0.39, 0.29) is 11.5 Å². The van der Waals surface area contributed by atoms with Crippen molar-refractivity contribution in [1.29, 1.82) is 0 Å². The van der Waals surface area contributed by atoms with Crippen molar-refractivity contribution >= 4 is 11.3 Å². The Morgan fingerprint density at radius 3 is 2.50 bits per heavy atom. The first kappa shape index (κ1) is 13.7. The summed E-state index contributed by atoms with van der Waals surface area (Å²) in [5.74, 6) is 0.571. The molecule has 0 aliphatic rings. The molecule has 1 aromatic heterocycles. The Kier molecular flexibility index (Phi) is 4.51. The van der Waals surface area contributed by atoms with E-state index in [1.165, 1.54) is 10.7 Å². The minimum Gasteiger partial charge on any atom is -0.327 e. The van der Waals surface area contributed by atoms with Crippen LogP contribution in [0.5, 0.6) is 0 Å². The predicted octanol–water partition coefficient (Wildman–Crippen LogP) is 3.36. The molecule has 0 saturated carbocycles. The van der Waals surface area contributed by atoms with Crippen LogP contribution in [0.1, 0.15) is 51.7 Å². The zero-order chi connectivity index (χ0) is 12.3. The maximum absolute atomic E-state index is 6.14. The highest BCUT2D eigenvalue weighted by atomic mass is 32.1. The quantitative estimate of drug-likeness (QED) is 0.876. The largest absolute Gasteiger partial charge is 0.327 e. The molecular formula is C13H24N2S. The number of nitrogens with zero attached hydrogens (tertiary/aromatic N) is 1. The fourth-order valence-electron chi connectivity index (χ4n) is 1.45. The van der Waals surface area contributed by atoms with Crippen molar-refractivity contribution in [2.24, 2.45) is 11.7 Å². The third-order valence-electron chi connectivity index (χ3n) is 3.11. The van der Waals surface area contributed by atoms with Crippen molar-refractivity contribution in [3.05, 3.63) is 16.1 Å². The van der Waals surface area contributed by atoms with Gasteiger partial charge in [0.25, 0.3) is 0 Å². The van der Waals surface area contributed by atoms with Gasteiger partial charge in [0.1, 0.15) is 0 Å². The van der Waals surface area contributed by atoms with E-state index in [2.05, 4.69) is 45.0 Å². The van der Waals surface area contributed by atoms with Crippen molar-refractivity contribution in [1.82, 2.24) is 4.98 Å². The monoisotopic (exact) mass is 240 g/mol. The number of hydrogen-bond acceptors (Lipinski definition) is 3. The van der Waals surface area contributed by atoms with Crippen LogP contribution in [-0.2, 0) is 11.8 Å². The van der Waals surface area contributed by atoms with E-state index in [0.717, 1.165) is 12.8 Å². The summed E-state index contributed by atoms with van der Waals surface area (Å²) in [5.41, 5.74) is 7.48. The first-order valence-electron chi connectivity index (χ1n) is 6.05. The molecule has 2 N–H and O–H groups in total. The van der Waals surface area contributed by atoms with E-state index in [4.69, 9.17) is 5.73 Å². The highest BCUT2D eigenvalue weighted by Gasteiger charge is 2.19. The average Bonchev–Trinajstić information content (AvgIpc) is 2.64. The first-order chi connectivity index (χ1) is 7.34. The summed E-state index contributed by atoms with van der Waals surface area (Å²) in [6.07, 6.45) is 2.05. The SMILES string of the molecule is CCC(C)C(N)Cc1nc(C(C)(C)C)cs1. The lowest BCUT2D eigenvalue weighted by Gasteiger charge is -2.17. The van der Waals surface area contributed by atoms with Gasteiger partial charge in [-0.15, -0.1) is 11.3 Å². The van der Waals surface area contributed by atoms with Gasteiger partial charge in [0.05, 0.1) is 10.7 Å². The van der Waals surface area contributed by atoms with E-state index in [1.54, 1.807) is 11.3 Å². The van der Waals surface area contributed by atoms with Gasteiger partial charge in [0, 0.05) is 23.3 Å². The van der Waals surface area contributed by atoms with Crippen LogP contribution in [0, 0.1) is 5.92 Å². The van der Waals surface area contributed by atoms with Crippen LogP contribution in [0.3, 0.4) is 0 Å². The van der Waals surface area contributed by atoms with E-state index >= 15 is 0 Å². The summed E-state index contributed by atoms with van der Waals surface area (Å²) in [6, 6.07) is 0.240. The standard InChI is InChI=1S/C13H24N2S/c1-6-9(2)10(14)7-12-15-11(8-16-12)13(3,4)5/h8-10H,6-7,14H2,1-5H3. The molecule has 0 fully saturated rings. The Bertz CT molecular complexity index is 325. The van der Waals surface area contributed by atoms with Crippen molar-refractivity contribution in [2.45, 2.75) is 58.9 Å². The van der Waals surface area contributed by atoms with Gasteiger partial charge in [-0.1, -0.05) is 41.0 Å². The van der Waals surface area contributed by atoms with Gasteiger partial charge in [-0.05, 0) is 5.92 Å². The van der Waals surface area contributed by atoms with Gasteiger partial charge in [0.15, 0.2) is 0 Å². The van der Waals surface area contributed by atoms with Crippen molar-refractivity contribution in [3.63, 3.8) is 0 Å². The minimum absolute atomic E-state index is 0.148. The normalized spacial score (nSPS) is 16.1. The maximum Gasteiger partial charge on any atom is 0.0944 e. The molecule has 2 atom stereocenters. The molecule has 1 heterocycles. The number of aromatic nitrogens is 1. The molecule has 3 heteroatoms. The van der Waals surface area contributed by atoms with E-state index in [1.807, 2.05) is 0 Å². The van der Waals surface area contributed by atoms with Crippen LogP contribution in [0.15, 0.2) is 5.38 Å². The number of hydrogen-bond donors (Lipinski definition) is 1. The van der Waals surface area contributed by atoms with E-state index < -0.39 is 0 Å². The van der Waals surface area contributed by atoms with Gasteiger partial charge >= 0.3 is 0 Å². The van der Waals surface area contributed by atoms with Crippen LogP contribution in [0.2, 0.25) is 0 Å². The summed E-state index contributed by atoms with van der Waals surface area (Å²) < 4.78 is 0. The molecule has 1 rings (SSSR count). The molecule has 0 bridgehead atoms. The van der Waals surface area contributed by atoms with Gasteiger partial charge in [-0.3, -0.25) is 0 Å². The highest BCUT2D eigenvalue weighted by Crippen LogP contribution is 2.25. The van der Waals surface area contributed by atoms with Crippen LogP contribution < -0.4 is 5.73 Å². The average molecular weight is 240 g/mol. The lowest BCUT2D eigenvalue weighted by molar-refractivity contribution is 0.439. The molecule has 1 aromatic rings. The van der Waals surface area contributed by atoms with Gasteiger partial charge in [-0.2, -0.15) is 0 Å². The van der Waals surface area contributed by atoms with Crippen molar-refractivity contribution < 1.29 is 0 Å². The fraction of sp³-hybridized carbons (Fsp3) is 0.769. The van der Waals surface area contributed by atoms with Crippen LogP contribution in [0.4, 0.5) is 0 Å². The molecule has 0 saturated heterocycles. The molecular weight excluding hydrogens is 216 g/mol. The number of nitrogens with two attached hydrogens (primary N) is 1. The second-order valence-electron chi connectivity index (χ2n) is 5.63. The molecule has 0 aromatic carbocycles.